The van der Waals surface area contributed by atoms with Crippen LogP contribution in [-0.4, -0.2) is 31.6 Å². The molecule has 0 spiro atoms. The first-order chi connectivity index (χ1) is 9.17. The van der Waals surface area contributed by atoms with Crippen molar-refractivity contribution in [2.75, 3.05) is 26.7 Å². The molecule has 1 atom stereocenters. The zero-order chi connectivity index (χ0) is 13.8. The van der Waals surface area contributed by atoms with Crippen molar-refractivity contribution in [1.82, 2.24) is 4.90 Å². The molecule has 0 bridgehead atoms. The van der Waals surface area contributed by atoms with Crippen LogP contribution in [0, 0.1) is 11.7 Å². The monoisotopic (exact) mass is 266 g/mol. The van der Waals surface area contributed by atoms with E-state index in [0.717, 1.165) is 32.5 Å². The minimum absolute atomic E-state index is 0.0369. The standard InChI is InChI=1S/C15H23FN2O/c1-11(18-8-6-12(10-17)7-9-18)15-13(16)4-3-5-14(15)19-2/h3-5,11-12H,6-10,17H2,1-2H3. The van der Waals surface area contributed by atoms with Crippen LogP contribution in [0.1, 0.15) is 31.4 Å². The van der Waals surface area contributed by atoms with Gasteiger partial charge < -0.3 is 10.5 Å². The van der Waals surface area contributed by atoms with Gasteiger partial charge in [0.2, 0.25) is 0 Å². The summed E-state index contributed by atoms with van der Waals surface area (Å²) >= 11 is 0. The van der Waals surface area contributed by atoms with Gasteiger partial charge in [0.25, 0.3) is 0 Å². The molecular weight excluding hydrogens is 243 g/mol. The summed E-state index contributed by atoms with van der Waals surface area (Å²) in [6.07, 6.45) is 2.19. The summed E-state index contributed by atoms with van der Waals surface area (Å²) in [6, 6.07) is 5.04. The summed E-state index contributed by atoms with van der Waals surface area (Å²) in [4.78, 5) is 2.31. The van der Waals surface area contributed by atoms with Crippen molar-refractivity contribution >= 4 is 0 Å². The van der Waals surface area contributed by atoms with E-state index in [1.165, 1.54) is 6.07 Å². The second-order valence-electron chi connectivity index (χ2n) is 5.25. The molecule has 1 unspecified atom stereocenters. The molecule has 3 nitrogen and oxygen atoms in total. The Balaban J connectivity index is 2.14. The van der Waals surface area contributed by atoms with Gasteiger partial charge in [-0.15, -0.1) is 0 Å². The lowest BCUT2D eigenvalue weighted by Crippen LogP contribution is -2.38. The molecule has 2 N–H and O–H groups in total. The number of halogens is 1. The maximum Gasteiger partial charge on any atom is 0.131 e. The Morgan fingerprint density at radius 3 is 2.68 bits per heavy atom. The average molecular weight is 266 g/mol. The highest BCUT2D eigenvalue weighted by Crippen LogP contribution is 2.33. The second-order valence-corrected chi connectivity index (χ2v) is 5.25. The molecule has 0 saturated carbocycles. The Bertz CT molecular complexity index is 417. The molecule has 1 aliphatic rings. The lowest BCUT2D eigenvalue weighted by Gasteiger charge is -2.36. The summed E-state index contributed by atoms with van der Waals surface area (Å²) in [5.41, 5.74) is 6.37. The van der Waals surface area contributed by atoms with Gasteiger partial charge in [0.05, 0.1) is 7.11 Å². The van der Waals surface area contributed by atoms with E-state index in [4.69, 9.17) is 10.5 Å². The van der Waals surface area contributed by atoms with E-state index in [9.17, 15) is 4.39 Å². The van der Waals surface area contributed by atoms with Crippen molar-refractivity contribution in [2.24, 2.45) is 11.7 Å². The van der Waals surface area contributed by atoms with E-state index in [0.29, 0.717) is 17.2 Å². The molecule has 1 heterocycles. The van der Waals surface area contributed by atoms with E-state index >= 15 is 0 Å². The van der Waals surface area contributed by atoms with Crippen molar-refractivity contribution in [3.8, 4) is 5.75 Å². The average Bonchev–Trinajstić information content (AvgIpc) is 2.46. The quantitative estimate of drug-likeness (QED) is 0.910. The van der Waals surface area contributed by atoms with Gasteiger partial charge in [0, 0.05) is 11.6 Å². The molecule has 0 radical (unpaired) electrons. The molecule has 4 heteroatoms. The first kappa shape index (κ1) is 14.3. The number of rotatable bonds is 4. The normalized spacial score (nSPS) is 19.4. The third-order valence-corrected chi connectivity index (χ3v) is 4.18. The summed E-state index contributed by atoms with van der Waals surface area (Å²) in [7, 11) is 1.59. The van der Waals surface area contributed by atoms with Crippen molar-refractivity contribution in [3.05, 3.63) is 29.6 Å². The van der Waals surface area contributed by atoms with Gasteiger partial charge in [0.15, 0.2) is 0 Å². The minimum Gasteiger partial charge on any atom is -0.496 e. The van der Waals surface area contributed by atoms with Crippen molar-refractivity contribution in [2.45, 2.75) is 25.8 Å². The molecule has 1 aliphatic heterocycles. The predicted octanol–water partition coefficient (Wildman–Crippen LogP) is 2.57. The number of hydrogen-bond donors (Lipinski definition) is 1. The molecule has 0 amide bonds. The smallest absolute Gasteiger partial charge is 0.131 e. The lowest BCUT2D eigenvalue weighted by atomic mass is 9.94. The van der Waals surface area contributed by atoms with Crippen LogP contribution in [-0.2, 0) is 0 Å². The first-order valence-corrected chi connectivity index (χ1v) is 6.94. The Kier molecular flexibility index (Phi) is 4.77. The van der Waals surface area contributed by atoms with Crippen molar-refractivity contribution in [3.63, 3.8) is 0 Å². The maximum atomic E-state index is 14.1. The highest BCUT2D eigenvalue weighted by molar-refractivity contribution is 5.37. The lowest BCUT2D eigenvalue weighted by molar-refractivity contribution is 0.139. The molecule has 1 fully saturated rings. The minimum atomic E-state index is -0.187. The number of nitrogens with zero attached hydrogens (tertiary/aromatic N) is 1. The summed E-state index contributed by atoms with van der Waals surface area (Å²) < 4.78 is 19.4. The number of benzene rings is 1. The first-order valence-electron chi connectivity index (χ1n) is 6.94. The second kappa shape index (κ2) is 6.35. The van der Waals surface area contributed by atoms with E-state index in [1.807, 2.05) is 13.0 Å². The van der Waals surface area contributed by atoms with Crippen molar-refractivity contribution < 1.29 is 9.13 Å². The van der Waals surface area contributed by atoms with E-state index < -0.39 is 0 Å². The zero-order valence-corrected chi connectivity index (χ0v) is 11.7. The largest absolute Gasteiger partial charge is 0.496 e. The van der Waals surface area contributed by atoms with E-state index in [-0.39, 0.29) is 11.9 Å². The maximum absolute atomic E-state index is 14.1. The third kappa shape index (κ3) is 3.07. The van der Waals surface area contributed by atoms with Crippen LogP contribution >= 0.6 is 0 Å². The molecule has 19 heavy (non-hydrogen) atoms. The molecule has 0 aromatic heterocycles. The van der Waals surface area contributed by atoms with Crippen LogP contribution in [0.15, 0.2) is 18.2 Å². The van der Waals surface area contributed by atoms with Gasteiger partial charge in [0.1, 0.15) is 11.6 Å². The fraction of sp³-hybridized carbons (Fsp3) is 0.600. The van der Waals surface area contributed by atoms with Gasteiger partial charge in [-0.05, 0) is 57.5 Å². The molecule has 0 aliphatic carbocycles. The topological polar surface area (TPSA) is 38.5 Å². The predicted molar refractivity (Wildman–Crippen MR) is 74.7 cm³/mol. The van der Waals surface area contributed by atoms with Gasteiger partial charge in [-0.2, -0.15) is 0 Å². The molecule has 1 aromatic rings. The summed E-state index contributed by atoms with van der Waals surface area (Å²) in [5.74, 6) is 1.06. The Labute approximate surface area is 114 Å². The fourth-order valence-electron chi connectivity index (χ4n) is 2.86. The zero-order valence-electron chi connectivity index (χ0n) is 11.7. The molecule has 2 rings (SSSR count). The number of nitrogens with two attached hydrogens (primary N) is 1. The summed E-state index contributed by atoms with van der Waals surface area (Å²) in [5, 5.41) is 0. The number of methoxy groups -OCH3 is 1. The number of piperidine rings is 1. The van der Waals surface area contributed by atoms with E-state index in [2.05, 4.69) is 4.90 Å². The number of ether oxygens (including phenoxy) is 1. The third-order valence-electron chi connectivity index (χ3n) is 4.18. The van der Waals surface area contributed by atoms with Gasteiger partial charge in [-0.25, -0.2) is 4.39 Å². The fourth-order valence-corrected chi connectivity index (χ4v) is 2.86. The Hall–Kier alpha value is -1.13. The molecule has 1 saturated heterocycles. The molecular formula is C15H23FN2O. The molecule has 106 valence electrons. The number of likely N-dealkylation sites (tertiary alicyclic amines) is 1. The Morgan fingerprint density at radius 1 is 1.42 bits per heavy atom. The van der Waals surface area contributed by atoms with Crippen LogP contribution < -0.4 is 10.5 Å². The van der Waals surface area contributed by atoms with E-state index in [1.54, 1.807) is 13.2 Å². The highest BCUT2D eigenvalue weighted by atomic mass is 19.1. The van der Waals surface area contributed by atoms with Crippen molar-refractivity contribution in [1.29, 1.82) is 0 Å². The van der Waals surface area contributed by atoms with Gasteiger partial charge >= 0.3 is 0 Å². The van der Waals surface area contributed by atoms with Crippen LogP contribution in [0.2, 0.25) is 0 Å². The highest BCUT2D eigenvalue weighted by Gasteiger charge is 2.26. The SMILES string of the molecule is COc1cccc(F)c1C(C)N1CCC(CN)CC1. The number of hydrogen-bond acceptors (Lipinski definition) is 3. The van der Waals surface area contributed by atoms with Gasteiger partial charge in [-0.1, -0.05) is 6.07 Å². The van der Waals surface area contributed by atoms with Crippen LogP contribution in [0.5, 0.6) is 5.75 Å². The van der Waals surface area contributed by atoms with Gasteiger partial charge in [-0.3, -0.25) is 4.90 Å². The summed E-state index contributed by atoms with van der Waals surface area (Å²) in [6.45, 7) is 4.75. The van der Waals surface area contributed by atoms with Crippen LogP contribution in [0.4, 0.5) is 4.39 Å². The molecule has 1 aromatic carbocycles. The Morgan fingerprint density at radius 2 is 2.11 bits per heavy atom. The van der Waals surface area contributed by atoms with Crippen LogP contribution in [0.3, 0.4) is 0 Å². The van der Waals surface area contributed by atoms with Crippen LogP contribution in [0.25, 0.3) is 0 Å².